The summed E-state index contributed by atoms with van der Waals surface area (Å²) >= 11 is 6.00. The molecule has 1 heterocycles. The van der Waals surface area contributed by atoms with Crippen molar-refractivity contribution in [3.63, 3.8) is 0 Å². The van der Waals surface area contributed by atoms with Crippen LogP contribution >= 0.6 is 11.6 Å². The molecule has 3 rings (SSSR count). The lowest BCUT2D eigenvalue weighted by Gasteiger charge is -2.08. The van der Waals surface area contributed by atoms with Gasteiger partial charge in [0.25, 0.3) is 0 Å². The molecule has 102 valence electrons. The van der Waals surface area contributed by atoms with Crippen LogP contribution in [0.3, 0.4) is 0 Å². The first-order chi connectivity index (χ1) is 10.2. The van der Waals surface area contributed by atoms with Gasteiger partial charge in [0.15, 0.2) is 0 Å². The lowest BCUT2D eigenvalue weighted by atomic mass is 10.1. The average molecular weight is 295 g/mol. The Morgan fingerprint density at radius 2 is 1.95 bits per heavy atom. The van der Waals surface area contributed by atoms with Crippen molar-refractivity contribution in [1.29, 1.82) is 5.26 Å². The van der Waals surface area contributed by atoms with E-state index in [9.17, 15) is 5.26 Å². The molecule has 0 atom stereocenters. The van der Waals surface area contributed by atoms with Gasteiger partial charge in [0, 0.05) is 16.5 Å². The molecule has 0 saturated heterocycles. The molecule has 0 aliphatic rings. The van der Waals surface area contributed by atoms with Gasteiger partial charge in [-0.15, -0.1) is 0 Å². The number of aryl methyl sites for hydroxylation is 1. The fourth-order valence-corrected chi connectivity index (χ4v) is 2.21. The third-order valence-electron chi connectivity index (χ3n) is 3.16. The first-order valence-electron chi connectivity index (χ1n) is 6.41. The molecule has 0 aliphatic carbocycles. The Kier molecular flexibility index (Phi) is 3.47. The van der Waals surface area contributed by atoms with Gasteiger partial charge in [0.1, 0.15) is 11.8 Å². The van der Waals surface area contributed by atoms with Gasteiger partial charge in [-0.1, -0.05) is 29.8 Å². The van der Waals surface area contributed by atoms with E-state index in [1.54, 1.807) is 18.2 Å². The smallest absolute Gasteiger partial charge is 0.221 e. The standard InChI is InChI=1S/C17H11ClN2O/c1-11-8-13(6-7-15(11)18)21-17-9-12(10-19)14-4-2-3-5-16(14)20-17/h2-9H,1H3. The monoisotopic (exact) mass is 294 g/mol. The number of fused-ring (bicyclic) bond motifs is 1. The van der Waals surface area contributed by atoms with Crippen molar-refractivity contribution in [1.82, 2.24) is 4.98 Å². The molecule has 2 aromatic carbocycles. The molecule has 0 bridgehead atoms. The molecule has 0 N–H and O–H groups in total. The molecule has 0 saturated carbocycles. The van der Waals surface area contributed by atoms with Crippen molar-refractivity contribution < 1.29 is 4.74 Å². The van der Waals surface area contributed by atoms with Crippen LogP contribution in [0, 0.1) is 18.3 Å². The summed E-state index contributed by atoms with van der Waals surface area (Å²) in [5, 5.41) is 10.8. The number of nitriles is 1. The van der Waals surface area contributed by atoms with Gasteiger partial charge in [-0.2, -0.15) is 5.26 Å². The minimum Gasteiger partial charge on any atom is -0.439 e. The molecule has 3 nitrogen and oxygen atoms in total. The molecule has 0 fully saturated rings. The van der Waals surface area contributed by atoms with Gasteiger partial charge < -0.3 is 4.74 Å². The van der Waals surface area contributed by atoms with Gasteiger partial charge in [-0.25, -0.2) is 4.98 Å². The summed E-state index contributed by atoms with van der Waals surface area (Å²) in [4.78, 5) is 4.42. The predicted molar refractivity (Wildman–Crippen MR) is 82.7 cm³/mol. The Bertz CT molecular complexity index is 868. The molecule has 21 heavy (non-hydrogen) atoms. The topological polar surface area (TPSA) is 45.9 Å². The van der Waals surface area contributed by atoms with Crippen molar-refractivity contribution in [3.05, 3.63) is 64.7 Å². The van der Waals surface area contributed by atoms with Crippen molar-refractivity contribution in [2.24, 2.45) is 0 Å². The van der Waals surface area contributed by atoms with Gasteiger partial charge >= 0.3 is 0 Å². The number of ether oxygens (including phenoxy) is 1. The number of pyridine rings is 1. The highest BCUT2D eigenvalue weighted by molar-refractivity contribution is 6.31. The molecular weight excluding hydrogens is 284 g/mol. The second-order valence-corrected chi connectivity index (χ2v) is 5.06. The first-order valence-corrected chi connectivity index (χ1v) is 6.79. The Morgan fingerprint density at radius 1 is 1.14 bits per heavy atom. The van der Waals surface area contributed by atoms with E-state index in [0.717, 1.165) is 16.5 Å². The number of hydrogen-bond acceptors (Lipinski definition) is 3. The van der Waals surface area contributed by atoms with E-state index < -0.39 is 0 Å². The van der Waals surface area contributed by atoms with Crippen LogP contribution in [0.25, 0.3) is 10.9 Å². The molecule has 1 aromatic heterocycles. The maximum atomic E-state index is 9.26. The van der Waals surface area contributed by atoms with Crippen LogP contribution in [-0.4, -0.2) is 4.98 Å². The van der Waals surface area contributed by atoms with E-state index in [4.69, 9.17) is 16.3 Å². The summed E-state index contributed by atoms with van der Waals surface area (Å²) in [6.07, 6.45) is 0. The summed E-state index contributed by atoms with van der Waals surface area (Å²) in [6, 6.07) is 16.7. The molecule has 3 aromatic rings. The summed E-state index contributed by atoms with van der Waals surface area (Å²) in [5.74, 6) is 1.04. The van der Waals surface area contributed by atoms with Crippen LogP contribution in [0.1, 0.15) is 11.1 Å². The lowest BCUT2D eigenvalue weighted by molar-refractivity contribution is 0.464. The van der Waals surface area contributed by atoms with Crippen LogP contribution in [0.15, 0.2) is 48.5 Å². The molecule has 0 spiro atoms. The van der Waals surface area contributed by atoms with E-state index in [-0.39, 0.29) is 0 Å². The largest absolute Gasteiger partial charge is 0.439 e. The second kappa shape index (κ2) is 5.43. The number of halogens is 1. The Hall–Kier alpha value is -2.57. The third-order valence-corrected chi connectivity index (χ3v) is 3.59. The maximum absolute atomic E-state index is 9.26. The predicted octanol–water partition coefficient (Wildman–Crippen LogP) is 4.86. The van der Waals surface area contributed by atoms with E-state index in [1.807, 2.05) is 37.3 Å². The van der Waals surface area contributed by atoms with Crippen molar-refractivity contribution in [3.8, 4) is 17.7 Å². The van der Waals surface area contributed by atoms with Crippen molar-refractivity contribution >= 4 is 22.5 Å². The summed E-state index contributed by atoms with van der Waals surface area (Å²) < 4.78 is 5.74. The normalized spacial score (nSPS) is 10.3. The van der Waals surface area contributed by atoms with Gasteiger partial charge in [0.2, 0.25) is 5.88 Å². The van der Waals surface area contributed by atoms with Gasteiger partial charge in [-0.3, -0.25) is 0 Å². The zero-order valence-electron chi connectivity index (χ0n) is 11.3. The quantitative estimate of drug-likeness (QED) is 0.678. The summed E-state index contributed by atoms with van der Waals surface area (Å²) in [5.41, 5.74) is 2.20. The third kappa shape index (κ3) is 2.67. The minimum atomic E-state index is 0.395. The highest BCUT2D eigenvalue weighted by Crippen LogP contribution is 2.27. The second-order valence-electron chi connectivity index (χ2n) is 4.65. The number of nitrogens with zero attached hydrogens (tertiary/aromatic N) is 2. The fraction of sp³-hybridized carbons (Fsp3) is 0.0588. The zero-order chi connectivity index (χ0) is 14.8. The van der Waals surface area contributed by atoms with Crippen LogP contribution in [0.5, 0.6) is 11.6 Å². The highest BCUT2D eigenvalue weighted by Gasteiger charge is 2.07. The van der Waals surface area contributed by atoms with Crippen LogP contribution in [0.2, 0.25) is 5.02 Å². The zero-order valence-corrected chi connectivity index (χ0v) is 12.1. The van der Waals surface area contributed by atoms with Crippen molar-refractivity contribution in [2.45, 2.75) is 6.92 Å². The minimum absolute atomic E-state index is 0.395. The Balaban J connectivity index is 2.04. The molecule has 0 unspecified atom stereocenters. The average Bonchev–Trinajstić information content (AvgIpc) is 2.50. The summed E-state index contributed by atoms with van der Waals surface area (Å²) in [6.45, 7) is 1.91. The van der Waals surface area contributed by atoms with E-state index in [0.29, 0.717) is 22.2 Å². The number of benzene rings is 2. The van der Waals surface area contributed by atoms with E-state index in [1.165, 1.54) is 0 Å². The SMILES string of the molecule is Cc1cc(Oc2cc(C#N)c3ccccc3n2)ccc1Cl. The molecule has 0 amide bonds. The number of aromatic nitrogens is 1. The van der Waals surface area contributed by atoms with Crippen LogP contribution in [0.4, 0.5) is 0 Å². The number of hydrogen-bond donors (Lipinski definition) is 0. The Morgan fingerprint density at radius 3 is 2.71 bits per heavy atom. The Labute approximate surface area is 127 Å². The molecular formula is C17H11ClN2O. The van der Waals surface area contributed by atoms with E-state index >= 15 is 0 Å². The van der Waals surface area contributed by atoms with Crippen LogP contribution in [-0.2, 0) is 0 Å². The molecule has 0 radical (unpaired) electrons. The number of rotatable bonds is 2. The fourth-order valence-electron chi connectivity index (χ4n) is 2.10. The van der Waals surface area contributed by atoms with Crippen molar-refractivity contribution in [2.75, 3.05) is 0 Å². The molecule has 0 aliphatic heterocycles. The van der Waals surface area contributed by atoms with Gasteiger partial charge in [0.05, 0.1) is 11.1 Å². The highest BCUT2D eigenvalue weighted by atomic mass is 35.5. The molecule has 4 heteroatoms. The maximum Gasteiger partial charge on any atom is 0.221 e. The lowest BCUT2D eigenvalue weighted by Crippen LogP contribution is -1.92. The summed E-state index contributed by atoms with van der Waals surface area (Å²) in [7, 11) is 0. The van der Waals surface area contributed by atoms with Gasteiger partial charge in [-0.05, 0) is 36.8 Å². The van der Waals surface area contributed by atoms with Crippen LogP contribution < -0.4 is 4.74 Å². The van der Waals surface area contributed by atoms with E-state index in [2.05, 4.69) is 11.1 Å². The number of para-hydroxylation sites is 1. The first kappa shape index (κ1) is 13.4.